The van der Waals surface area contributed by atoms with Gasteiger partial charge >= 0.3 is 0 Å². The van der Waals surface area contributed by atoms with Gasteiger partial charge in [-0.15, -0.1) is 0 Å². The number of amides is 1. The predicted octanol–water partition coefficient (Wildman–Crippen LogP) is 3.10. The molecule has 7 N–H and O–H groups in total. The lowest BCUT2D eigenvalue weighted by Gasteiger charge is -2.12. The molecule has 0 heterocycles. The number of carbonyl (C=O) groups excluding carboxylic acids is 1. The number of rotatable bonds is 6. The molecule has 0 unspecified atom stereocenters. The van der Waals surface area contributed by atoms with E-state index in [-0.39, 0.29) is 24.0 Å². The van der Waals surface area contributed by atoms with E-state index in [4.69, 9.17) is 22.3 Å². The van der Waals surface area contributed by atoms with Gasteiger partial charge in [-0.1, -0.05) is 54.6 Å². The zero-order valence-corrected chi connectivity index (χ0v) is 15.2. The molecule has 0 saturated heterocycles. The molecule has 6 nitrogen and oxygen atoms in total. The van der Waals surface area contributed by atoms with Gasteiger partial charge in [-0.3, -0.25) is 15.6 Å². The van der Waals surface area contributed by atoms with Crippen molar-refractivity contribution in [1.29, 1.82) is 10.8 Å². The van der Waals surface area contributed by atoms with Crippen molar-refractivity contribution in [2.45, 2.75) is 6.42 Å². The molecule has 28 heavy (non-hydrogen) atoms. The number of hydrogen-bond donors (Lipinski definition) is 5. The van der Waals surface area contributed by atoms with Crippen LogP contribution in [0.25, 0.3) is 11.1 Å². The summed E-state index contributed by atoms with van der Waals surface area (Å²) >= 11 is 0. The summed E-state index contributed by atoms with van der Waals surface area (Å²) in [6.07, 6.45) is 0.185. The molecule has 0 bridgehead atoms. The van der Waals surface area contributed by atoms with Crippen molar-refractivity contribution in [3.63, 3.8) is 0 Å². The topological polar surface area (TPSA) is 129 Å². The monoisotopic (exact) mass is 371 g/mol. The average molecular weight is 371 g/mol. The average Bonchev–Trinajstić information content (AvgIpc) is 2.68. The first-order valence-electron chi connectivity index (χ1n) is 8.71. The number of carbonyl (C=O) groups is 1. The molecule has 1 amide bonds. The minimum atomic E-state index is -0.170. The van der Waals surface area contributed by atoms with Crippen LogP contribution in [0.1, 0.15) is 16.7 Å². The summed E-state index contributed by atoms with van der Waals surface area (Å²) in [5.41, 5.74) is 15.6. The third-order valence-corrected chi connectivity index (χ3v) is 4.31. The first kappa shape index (κ1) is 18.8. The minimum Gasteiger partial charge on any atom is -0.384 e. The summed E-state index contributed by atoms with van der Waals surface area (Å²) in [5, 5.41) is 18.0. The van der Waals surface area contributed by atoms with E-state index < -0.39 is 0 Å². The van der Waals surface area contributed by atoms with Crippen LogP contribution in [-0.2, 0) is 11.2 Å². The second-order valence-electron chi connectivity index (χ2n) is 6.37. The Labute approximate surface area is 163 Å². The van der Waals surface area contributed by atoms with Crippen LogP contribution >= 0.6 is 0 Å². The molecule has 3 aromatic carbocycles. The molecule has 140 valence electrons. The number of nitrogen functional groups attached to an aromatic ring is 2. The zero-order valence-electron chi connectivity index (χ0n) is 15.2. The van der Waals surface area contributed by atoms with Crippen molar-refractivity contribution in [3.8, 4) is 11.1 Å². The Morgan fingerprint density at radius 1 is 0.821 bits per heavy atom. The van der Waals surface area contributed by atoms with Crippen molar-refractivity contribution in [3.05, 3.63) is 89.5 Å². The summed E-state index contributed by atoms with van der Waals surface area (Å²) in [4.78, 5) is 12.6. The molecule has 0 aliphatic rings. The maximum atomic E-state index is 12.6. The summed E-state index contributed by atoms with van der Waals surface area (Å²) in [6.45, 7) is 0. The van der Waals surface area contributed by atoms with Crippen molar-refractivity contribution in [2.75, 3.05) is 5.32 Å². The second-order valence-corrected chi connectivity index (χ2v) is 6.37. The van der Waals surface area contributed by atoms with Crippen LogP contribution in [0.3, 0.4) is 0 Å². The molecule has 0 aliphatic carbocycles. The van der Waals surface area contributed by atoms with Crippen LogP contribution in [0.2, 0.25) is 0 Å². The van der Waals surface area contributed by atoms with E-state index in [1.165, 1.54) is 0 Å². The molecule has 0 spiro atoms. The molecule has 0 radical (unpaired) electrons. The molecular weight excluding hydrogens is 350 g/mol. The number of anilines is 1. The van der Waals surface area contributed by atoms with Crippen molar-refractivity contribution in [2.24, 2.45) is 11.5 Å². The zero-order chi connectivity index (χ0) is 20.1. The molecule has 0 aliphatic heterocycles. The van der Waals surface area contributed by atoms with E-state index in [0.29, 0.717) is 16.8 Å². The standard InChI is InChI=1S/C22H21N5O/c23-21(24)16-7-3-6-14(11-16)19-10-2-1-5-15(19)13-20(28)27-18-9-4-8-17(12-18)22(25)26/h1-12H,13H2,(H3,23,24)(H3,25,26)(H,27,28). The van der Waals surface area contributed by atoms with Crippen LogP contribution in [0.5, 0.6) is 0 Å². The lowest BCUT2D eigenvalue weighted by atomic mass is 9.96. The fourth-order valence-corrected chi connectivity index (χ4v) is 2.95. The van der Waals surface area contributed by atoms with Gasteiger partial charge < -0.3 is 16.8 Å². The summed E-state index contributed by atoms with van der Waals surface area (Å²) in [7, 11) is 0. The highest BCUT2D eigenvalue weighted by Gasteiger charge is 2.11. The molecule has 0 fully saturated rings. The third-order valence-electron chi connectivity index (χ3n) is 4.31. The lowest BCUT2D eigenvalue weighted by Crippen LogP contribution is -2.16. The maximum Gasteiger partial charge on any atom is 0.228 e. The van der Waals surface area contributed by atoms with Crippen LogP contribution < -0.4 is 16.8 Å². The Bertz CT molecular complexity index is 1060. The fourth-order valence-electron chi connectivity index (χ4n) is 2.95. The highest BCUT2D eigenvalue weighted by molar-refractivity contribution is 5.99. The van der Waals surface area contributed by atoms with E-state index >= 15 is 0 Å². The Balaban J connectivity index is 1.83. The van der Waals surface area contributed by atoms with Gasteiger partial charge in [-0.25, -0.2) is 0 Å². The largest absolute Gasteiger partial charge is 0.384 e. The number of benzene rings is 3. The van der Waals surface area contributed by atoms with Gasteiger partial charge in [-0.2, -0.15) is 0 Å². The Kier molecular flexibility index (Phi) is 5.50. The van der Waals surface area contributed by atoms with E-state index in [1.54, 1.807) is 30.3 Å². The van der Waals surface area contributed by atoms with Gasteiger partial charge in [0.15, 0.2) is 0 Å². The normalized spacial score (nSPS) is 10.3. The smallest absolute Gasteiger partial charge is 0.228 e. The Hall–Kier alpha value is -3.93. The first-order valence-corrected chi connectivity index (χ1v) is 8.71. The molecule has 0 aromatic heterocycles. The maximum absolute atomic E-state index is 12.6. The van der Waals surface area contributed by atoms with Crippen LogP contribution in [-0.4, -0.2) is 17.6 Å². The number of amidine groups is 2. The third kappa shape index (κ3) is 4.42. The number of nitrogens with two attached hydrogens (primary N) is 2. The van der Waals surface area contributed by atoms with Gasteiger partial charge in [-0.05, 0) is 34.9 Å². The lowest BCUT2D eigenvalue weighted by molar-refractivity contribution is -0.115. The van der Waals surface area contributed by atoms with Crippen LogP contribution in [0.15, 0.2) is 72.8 Å². The Morgan fingerprint density at radius 2 is 1.46 bits per heavy atom. The number of nitrogens with one attached hydrogen (secondary N) is 3. The molecule has 0 atom stereocenters. The van der Waals surface area contributed by atoms with Crippen molar-refractivity contribution in [1.82, 2.24) is 0 Å². The molecule has 0 saturated carbocycles. The second kappa shape index (κ2) is 8.18. The van der Waals surface area contributed by atoms with Gasteiger partial charge in [0.05, 0.1) is 6.42 Å². The van der Waals surface area contributed by atoms with E-state index in [1.807, 2.05) is 42.5 Å². The minimum absolute atomic E-state index is 0.00225. The number of hydrogen-bond acceptors (Lipinski definition) is 3. The molecular formula is C22H21N5O. The van der Waals surface area contributed by atoms with E-state index in [9.17, 15) is 4.79 Å². The summed E-state index contributed by atoms with van der Waals surface area (Å²) < 4.78 is 0. The van der Waals surface area contributed by atoms with Crippen LogP contribution in [0, 0.1) is 10.8 Å². The summed E-state index contributed by atoms with van der Waals surface area (Å²) in [6, 6.07) is 21.9. The van der Waals surface area contributed by atoms with Crippen molar-refractivity contribution < 1.29 is 4.79 Å². The van der Waals surface area contributed by atoms with E-state index in [0.717, 1.165) is 16.7 Å². The molecule has 3 aromatic rings. The van der Waals surface area contributed by atoms with E-state index in [2.05, 4.69) is 5.32 Å². The first-order chi connectivity index (χ1) is 13.4. The summed E-state index contributed by atoms with van der Waals surface area (Å²) in [5.74, 6) is -0.218. The Morgan fingerprint density at radius 3 is 2.18 bits per heavy atom. The quantitative estimate of drug-likeness (QED) is 0.337. The van der Waals surface area contributed by atoms with Gasteiger partial charge in [0.1, 0.15) is 11.7 Å². The van der Waals surface area contributed by atoms with Crippen LogP contribution in [0.4, 0.5) is 5.69 Å². The van der Waals surface area contributed by atoms with Gasteiger partial charge in [0.2, 0.25) is 5.91 Å². The van der Waals surface area contributed by atoms with Gasteiger partial charge in [0, 0.05) is 16.8 Å². The SMILES string of the molecule is N=C(N)c1cccc(NC(=O)Cc2ccccc2-c2cccc(C(=N)N)c2)c1. The molecule has 6 heteroatoms. The molecule has 3 rings (SSSR count). The fraction of sp³-hybridized carbons (Fsp3) is 0.0455. The highest BCUT2D eigenvalue weighted by Crippen LogP contribution is 2.25. The van der Waals surface area contributed by atoms with Crippen molar-refractivity contribution >= 4 is 23.3 Å². The predicted molar refractivity (Wildman–Crippen MR) is 113 cm³/mol. The highest BCUT2D eigenvalue weighted by atomic mass is 16.1. The van der Waals surface area contributed by atoms with Gasteiger partial charge in [0.25, 0.3) is 0 Å².